The van der Waals surface area contributed by atoms with Gasteiger partial charge in [-0.15, -0.1) is 0 Å². The Kier molecular flexibility index (Phi) is 8.57. The maximum Gasteiger partial charge on any atom is 0.291 e. The number of hydrogen-bond acceptors (Lipinski definition) is 5. The average molecular weight is 563 g/mol. The molecule has 0 radical (unpaired) electrons. The smallest absolute Gasteiger partial charge is 0.291 e. The van der Waals surface area contributed by atoms with Crippen LogP contribution in [0.1, 0.15) is 40.3 Å². The lowest BCUT2D eigenvalue weighted by molar-refractivity contribution is 0.0994. The van der Waals surface area contributed by atoms with Crippen LogP contribution in [0, 0.1) is 0 Å². The topological polar surface area (TPSA) is 72.7 Å². The molecule has 4 aromatic rings. The predicted molar refractivity (Wildman–Crippen MR) is 155 cm³/mol. The van der Waals surface area contributed by atoms with Crippen LogP contribution in [0.2, 0.25) is 10.0 Å². The molecule has 0 aliphatic carbocycles. The van der Waals surface area contributed by atoms with Crippen LogP contribution in [0.15, 0.2) is 89.4 Å². The van der Waals surface area contributed by atoms with Crippen molar-refractivity contribution in [2.45, 2.75) is 25.3 Å². The Labute approximate surface area is 237 Å². The van der Waals surface area contributed by atoms with Crippen LogP contribution >= 0.6 is 23.2 Å². The Hall–Kier alpha value is -3.71. The van der Waals surface area contributed by atoms with E-state index in [0.29, 0.717) is 34.5 Å². The van der Waals surface area contributed by atoms with Crippen molar-refractivity contribution >= 4 is 40.9 Å². The summed E-state index contributed by atoms with van der Waals surface area (Å²) in [5, 5.41) is 7.65. The molecule has 0 bridgehead atoms. The molecule has 8 heteroatoms. The highest BCUT2D eigenvalue weighted by molar-refractivity contribution is 6.37. The molecule has 1 amide bonds. The van der Waals surface area contributed by atoms with Gasteiger partial charge in [-0.3, -0.25) is 4.79 Å². The molecule has 6 nitrogen and oxygen atoms in total. The molecule has 3 aromatic carbocycles. The zero-order valence-electron chi connectivity index (χ0n) is 21.3. The van der Waals surface area contributed by atoms with E-state index in [-0.39, 0.29) is 30.4 Å². The zero-order valence-corrected chi connectivity index (χ0v) is 22.8. The van der Waals surface area contributed by atoms with Crippen molar-refractivity contribution in [2.75, 3.05) is 18.7 Å². The summed E-state index contributed by atoms with van der Waals surface area (Å²) in [4.78, 5) is 12.7. The fourth-order valence-electron chi connectivity index (χ4n) is 4.51. The van der Waals surface area contributed by atoms with Crippen molar-refractivity contribution in [1.82, 2.24) is 5.32 Å². The van der Waals surface area contributed by atoms with Crippen LogP contribution in [0.25, 0.3) is 6.08 Å². The second-order valence-electron chi connectivity index (χ2n) is 9.24. The van der Waals surface area contributed by atoms with Gasteiger partial charge in [-0.25, -0.2) is 0 Å². The average Bonchev–Trinajstić information content (AvgIpc) is 3.61. The van der Waals surface area contributed by atoms with Crippen molar-refractivity contribution in [1.29, 1.82) is 0 Å². The van der Waals surface area contributed by atoms with Gasteiger partial charge in [0.2, 0.25) is 6.79 Å². The molecule has 1 aliphatic heterocycles. The highest BCUT2D eigenvalue weighted by atomic mass is 35.5. The normalized spacial score (nSPS) is 13.9. The van der Waals surface area contributed by atoms with Gasteiger partial charge in [0.15, 0.2) is 17.3 Å². The van der Waals surface area contributed by atoms with E-state index in [1.165, 1.54) is 0 Å². The monoisotopic (exact) mass is 562 g/mol. The van der Waals surface area contributed by atoms with E-state index in [1.807, 2.05) is 84.9 Å². The molecule has 39 heavy (non-hydrogen) atoms. The van der Waals surface area contributed by atoms with E-state index in [4.69, 9.17) is 37.1 Å². The number of ether oxygens (including phenoxy) is 2. The molecule has 0 saturated heterocycles. The molecule has 0 fully saturated rings. The summed E-state index contributed by atoms with van der Waals surface area (Å²) in [6.07, 6.45) is 4.50. The fourth-order valence-corrected chi connectivity index (χ4v) is 5.03. The number of amides is 1. The lowest BCUT2D eigenvalue weighted by Crippen LogP contribution is -2.33. The number of carbonyl (C=O) groups excluding carboxylic acids is 1. The van der Waals surface area contributed by atoms with Gasteiger partial charge in [-0.2, -0.15) is 0 Å². The number of rotatable bonds is 10. The minimum absolute atomic E-state index is 0.0213. The summed E-state index contributed by atoms with van der Waals surface area (Å²) in [6.45, 7) is 2.94. The first-order valence-corrected chi connectivity index (χ1v) is 13.4. The molecule has 2 N–H and O–H groups in total. The Balaban J connectivity index is 1.30. The number of furan rings is 1. The molecule has 2 unspecified atom stereocenters. The molecule has 200 valence electrons. The van der Waals surface area contributed by atoms with E-state index in [9.17, 15) is 4.79 Å². The van der Waals surface area contributed by atoms with Crippen LogP contribution in [-0.2, 0) is 6.42 Å². The molecule has 1 aromatic heterocycles. The van der Waals surface area contributed by atoms with Crippen molar-refractivity contribution in [3.63, 3.8) is 0 Å². The summed E-state index contributed by atoms with van der Waals surface area (Å²) >= 11 is 12.6. The quantitative estimate of drug-likeness (QED) is 0.208. The van der Waals surface area contributed by atoms with Gasteiger partial charge in [0.05, 0.1) is 0 Å². The van der Waals surface area contributed by atoms with Gasteiger partial charge >= 0.3 is 0 Å². The van der Waals surface area contributed by atoms with E-state index in [2.05, 4.69) is 17.6 Å². The Morgan fingerprint density at radius 1 is 0.949 bits per heavy atom. The second-order valence-corrected chi connectivity index (χ2v) is 10.1. The Morgan fingerprint density at radius 2 is 1.72 bits per heavy atom. The first-order valence-electron chi connectivity index (χ1n) is 12.7. The molecule has 2 atom stereocenters. The minimum atomic E-state index is -0.290. The maximum atomic E-state index is 12.7. The molecule has 0 saturated carbocycles. The minimum Gasteiger partial charge on any atom is -0.456 e. The van der Waals surface area contributed by atoms with Crippen LogP contribution in [0.5, 0.6) is 11.5 Å². The molecule has 0 spiro atoms. The van der Waals surface area contributed by atoms with Crippen LogP contribution < -0.4 is 20.1 Å². The number of halogens is 2. The second kappa shape index (κ2) is 12.4. The first-order chi connectivity index (χ1) is 19.0. The van der Waals surface area contributed by atoms with Crippen molar-refractivity contribution in [3.05, 3.63) is 118 Å². The molecular formula is C31H28Cl2N2O4. The summed E-state index contributed by atoms with van der Waals surface area (Å²) < 4.78 is 17.1. The number of nitrogens with one attached hydrogen (secondary N) is 2. The SMILES string of the molecule is CC(NCC=Cc1c(Cl)cccc1Cl)C(Cc1ccc(C(=O)Nc2ccccc2)o1)c1ccc2c(c1)OCO2. The van der Waals surface area contributed by atoms with Crippen molar-refractivity contribution in [3.8, 4) is 11.5 Å². The van der Waals surface area contributed by atoms with E-state index in [0.717, 1.165) is 22.6 Å². The lowest BCUT2D eigenvalue weighted by Gasteiger charge is -2.25. The lowest BCUT2D eigenvalue weighted by atomic mass is 9.88. The highest BCUT2D eigenvalue weighted by Gasteiger charge is 2.24. The summed E-state index contributed by atoms with van der Waals surface area (Å²) in [5.41, 5.74) is 2.58. The zero-order chi connectivity index (χ0) is 27.2. The molecular weight excluding hydrogens is 535 g/mol. The van der Waals surface area contributed by atoms with E-state index < -0.39 is 0 Å². The van der Waals surface area contributed by atoms with E-state index >= 15 is 0 Å². The summed E-state index contributed by atoms with van der Waals surface area (Å²) in [6, 6.07) is 24.3. The third-order valence-electron chi connectivity index (χ3n) is 6.61. The highest BCUT2D eigenvalue weighted by Crippen LogP contribution is 2.36. The third-order valence-corrected chi connectivity index (χ3v) is 7.27. The number of hydrogen-bond donors (Lipinski definition) is 2. The number of carbonyl (C=O) groups is 1. The standard InChI is InChI=1S/C31H28Cl2N2O4/c1-20(34-16-6-9-24-26(32)10-5-11-27(24)33)25(21-12-14-28-30(17-21)38-19-37-28)18-23-13-15-29(39-23)31(36)35-22-7-3-2-4-8-22/h2-15,17,20,25,34H,16,18-19H2,1H3,(H,35,36). The van der Waals surface area contributed by atoms with E-state index in [1.54, 1.807) is 6.07 Å². The van der Waals surface area contributed by atoms with Crippen LogP contribution in [0.3, 0.4) is 0 Å². The Bertz CT molecular complexity index is 1450. The number of para-hydroxylation sites is 1. The van der Waals surface area contributed by atoms with Gasteiger partial charge in [-0.05, 0) is 61.0 Å². The Morgan fingerprint density at radius 3 is 2.51 bits per heavy atom. The number of anilines is 1. The predicted octanol–water partition coefficient (Wildman–Crippen LogP) is 7.59. The molecule has 5 rings (SSSR count). The van der Waals surface area contributed by atoms with Crippen molar-refractivity contribution in [2.24, 2.45) is 0 Å². The number of benzene rings is 3. The van der Waals surface area contributed by atoms with Gasteiger partial charge < -0.3 is 24.5 Å². The van der Waals surface area contributed by atoms with Gasteiger partial charge in [0.25, 0.3) is 5.91 Å². The van der Waals surface area contributed by atoms with Gasteiger partial charge in [0, 0.05) is 46.2 Å². The molecule has 1 aliphatic rings. The van der Waals surface area contributed by atoms with Crippen LogP contribution in [-0.4, -0.2) is 25.3 Å². The fraction of sp³-hybridized carbons (Fsp3) is 0.194. The summed E-state index contributed by atoms with van der Waals surface area (Å²) in [7, 11) is 0. The molecule has 2 heterocycles. The summed E-state index contributed by atoms with van der Waals surface area (Å²) in [5.74, 6) is 2.16. The first kappa shape index (κ1) is 26.9. The van der Waals surface area contributed by atoms with Crippen molar-refractivity contribution < 1.29 is 18.7 Å². The van der Waals surface area contributed by atoms with Gasteiger partial charge in [0.1, 0.15) is 5.76 Å². The number of fused-ring (bicyclic) bond motifs is 1. The maximum absolute atomic E-state index is 12.7. The largest absolute Gasteiger partial charge is 0.456 e. The van der Waals surface area contributed by atoms with Crippen LogP contribution in [0.4, 0.5) is 5.69 Å². The van der Waals surface area contributed by atoms with Gasteiger partial charge in [-0.1, -0.05) is 65.7 Å². The third kappa shape index (κ3) is 6.66.